The van der Waals surface area contributed by atoms with Crippen LogP contribution in [-0.2, 0) is 17.8 Å². The molecule has 1 aliphatic heterocycles. The van der Waals surface area contributed by atoms with Crippen LogP contribution in [0, 0.1) is 6.92 Å². The van der Waals surface area contributed by atoms with Crippen LogP contribution >= 0.6 is 0 Å². The van der Waals surface area contributed by atoms with Crippen LogP contribution in [-0.4, -0.2) is 56.6 Å². The molecule has 33 heavy (non-hydrogen) atoms. The topological polar surface area (TPSA) is 67.4 Å². The van der Waals surface area contributed by atoms with Crippen molar-refractivity contribution in [1.82, 2.24) is 24.5 Å². The van der Waals surface area contributed by atoms with Crippen LogP contribution in [0.5, 0.6) is 0 Å². The van der Waals surface area contributed by atoms with E-state index < -0.39 is 0 Å². The number of amides is 1. The maximum atomic E-state index is 12.8. The summed E-state index contributed by atoms with van der Waals surface area (Å²) in [7, 11) is 0. The van der Waals surface area contributed by atoms with Gasteiger partial charge >= 0.3 is 0 Å². The van der Waals surface area contributed by atoms with E-state index in [1.807, 2.05) is 65.8 Å². The van der Waals surface area contributed by atoms with Gasteiger partial charge in [-0.3, -0.25) is 9.69 Å². The second kappa shape index (κ2) is 9.42. The van der Waals surface area contributed by atoms with Gasteiger partial charge in [0.05, 0.1) is 13.0 Å². The molecule has 4 aromatic rings. The average molecular weight is 442 g/mol. The second-order valence-corrected chi connectivity index (χ2v) is 8.47. The molecule has 0 bridgehead atoms. The van der Waals surface area contributed by atoms with E-state index in [9.17, 15) is 4.79 Å². The summed E-state index contributed by atoms with van der Waals surface area (Å²) in [6, 6.07) is 20.2. The SMILES string of the molecule is Cc1ccc(-c2noc(CN3CCN(C(=O)Cc4ccc(-n5cccc5)cc4)CC3)n2)cc1. The maximum absolute atomic E-state index is 12.8. The molecule has 7 heteroatoms. The third kappa shape index (κ3) is 5.04. The molecule has 0 aliphatic carbocycles. The Labute approximate surface area is 193 Å². The number of benzene rings is 2. The molecule has 0 N–H and O–H groups in total. The van der Waals surface area contributed by atoms with Crippen LogP contribution in [0.4, 0.5) is 0 Å². The smallest absolute Gasteiger partial charge is 0.241 e. The van der Waals surface area contributed by atoms with Gasteiger partial charge in [0, 0.05) is 49.8 Å². The molecule has 0 saturated carbocycles. The normalized spacial score (nSPS) is 14.5. The minimum Gasteiger partial charge on any atom is -0.340 e. The third-order valence-corrected chi connectivity index (χ3v) is 6.06. The molecular weight excluding hydrogens is 414 g/mol. The first-order valence-corrected chi connectivity index (χ1v) is 11.3. The van der Waals surface area contributed by atoms with Crippen LogP contribution in [0.3, 0.4) is 0 Å². The molecular formula is C26H27N5O2. The predicted molar refractivity (Wildman–Crippen MR) is 126 cm³/mol. The van der Waals surface area contributed by atoms with Crippen molar-refractivity contribution < 1.29 is 9.32 Å². The van der Waals surface area contributed by atoms with Gasteiger partial charge in [-0.05, 0) is 36.8 Å². The molecule has 3 heterocycles. The minimum atomic E-state index is 0.169. The Hall–Kier alpha value is -3.71. The molecule has 0 radical (unpaired) electrons. The molecule has 1 fully saturated rings. The van der Waals surface area contributed by atoms with E-state index in [4.69, 9.17) is 4.52 Å². The van der Waals surface area contributed by atoms with Crippen molar-refractivity contribution in [1.29, 1.82) is 0 Å². The van der Waals surface area contributed by atoms with Crippen LogP contribution in [0.25, 0.3) is 17.1 Å². The molecule has 1 aliphatic rings. The van der Waals surface area contributed by atoms with Gasteiger partial charge in [0.15, 0.2) is 0 Å². The van der Waals surface area contributed by atoms with E-state index >= 15 is 0 Å². The first-order chi connectivity index (χ1) is 16.1. The Kier molecular flexibility index (Phi) is 6.04. The van der Waals surface area contributed by atoms with Gasteiger partial charge in [-0.1, -0.05) is 47.1 Å². The monoisotopic (exact) mass is 441 g/mol. The summed E-state index contributed by atoms with van der Waals surface area (Å²) in [5.74, 6) is 1.39. The van der Waals surface area contributed by atoms with Crippen molar-refractivity contribution in [2.45, 2.75) is 19.9 Å². The lowest BCUT2D eigenvalue weighted by atomic mass is 10.1. The van der Waals surface area contributed by atoms with Crippen molar-refractivity contribution in [3.05, 3.63) is 90.1 Å². The molecule has 5 rings (SSSR count). The largest absolute Gasteiger partial charge is 0.340 e. The lowest BCUT2D eigenvalue weighted by Crippen LogP contribution is -2.48. The average Bonchev–Trinajstić information content (AvgIpc) is 3.53. The maximum Gasteiger partial charge on any atom is 0.241 e. The van der Waals surface area contributed by atoms with Gasteiger partial charge in [-0.15, -0.1) is 0 Å². The predicted octanol–water partition coefficient (Wildman–Crippen LogP) is 3.72. The van der Waals surface area contributed by atoms with E-state index in [0.29, 0.717) is 37.8 Å². The summed E-state index contributed by atoms with van der Waals surface area (Å²) >= 11 is 0. The number of hydrogen-bond acceptors (Lipinski definition) is 5. The fourth-order valence-corrected chi connectivity index (χ4v) is 4.06. The summed E-state index contributed by atoms with van der Waals surface area (Å²) < 4.78 is 7.51. The molecule has 1 saturated heterocycles. The highest BCUT2D eigenvalue weighted by molar-refractivity contribution is 5.79. The standard InChI is InChI=1S/C26H27N5O2/c1-20-4-8-22(9-5-20)26-27-24(33-28-26)19-29-14-16-31(17-15-29)25(32)18-21-6-10-23(11-7-21)30-12-2-3-13-30/h2-13H,14-19H2,1H3. The summed E-state index contributed by atoms with van der Waals surface area (Å²) in [5, 5.41) is 4.12. The van der Waals surface area contributed by atoms with Gasteiger partial charge in [-0.25, -0.2) is 0 Å². The van der Waals surface area contributed by atoms with Crippen LogP contribution in [0.2, 0.25) is 0 Å². The van der Waals surface area contributed by atoms with Crippen molar-refractivity contribution in [3.8, 4) is 17.1 Å². The summed E-state index contributed by atoms with van der Waals surface area (Å²) in [5.41, 5.74) is 4.28. The summed E-state index contributed by atoms with van der Waals surface area (Å²) in [4.78, 5) is 21.5. The molecule has 1 amide bonds. The summed E-state index contributed by atoms with van der Waals surface area (Å²) in [6.07, 6.45) is 4.45. The van der Waals surface area contributed by atoms with Crippen LogP contribution < -0.4 is 0 Å². The molecule has 0 spiro atoms. The molecule has 0 unspecified atom stereocenters. The molecule has 168 valence electrons. The lowest BCUT2D eigenvalue weighted by Gasteiger charge is -2.34. The fraction of sp³-hybridized carbons (Fsp3) is 0.269. The second-order valence-electron chi connectivity index (χ2n) is 8.47. The van der Waals surface area contributed by atoms with Crippen LogP contribution in [0.1, 0.15) is 17.0 Å². The highest BCUT2D eigenvalue weighted by Crippen LogP contribution is 2.18. The van der Waals surface area contributed by atoms with Crippen molar-refractivity contribution in [2.24, 2.45) is 0 Å². The van der Waals surface area contributed by atoms with Gasteiger partial charge in [0.1, 0.15) is 0 Å². The van der Waals surface area contributed by atoms with Crippen molar-refractivity contribution >= 4 is 5.91 Å². The fourth-order valence-electron chi connectivity index (χ4n) is 4.06. The first-order valence-electron chi connectivity index (χ1n) is 11.3. The van der Waals surface area contributed by atoms with E-state index in [-0.39, 0.29) is 5.91 Å². The molecule has 2 aromatic heterocycles. The highest BCUT2D eigenvalue weighted by atomic mass is 16.5. The number of hydrogen-bond donors (Lipinski definition) is 0. The number of rotatable bonds is 6. The molecule has 0 atom stereocenters. The van der Waals surface area contributed by atoms with E-state index in [2.05, 4.69) is 38.7 Å². The first kappa shape index (κ1) is 21.2. The number of carbonyl (C=O) groups is 1. The van der Waals surface area contributed by atoms with Crippen molar-refractivity contribution in [2.75, 3.05) is 26.2 Å². The zero-order valence-electron chi connectivity index (χ0n) is 18.7. The van der Waals surface area contributed by atoms with Crippen molar-refractivity contribution in [3.63, 3.8) is 0 Å². The van der Waals surface area contributed by atoms with E-state index in [1.54, 1.807) is 0 Å². The van der Waals surface area contributed by atoms with Crippen LogP contribution in [0.15, 0.2) is 77.6 Å². The Bertz CT molecular complexity index is 1190. The number of piperazine rings is 1. The number of aryl methyl sites for hydroxylation is 1. The lowest BCUT2D eigenvalue weighted by molar-refractivity contribution is -0.132. The van der Waals surface area contributed by atoms with Gasteiger partial charge < -0.3 is 14.0 Å². The number of nitrogens with zero attached hydrogens (tertiary/aromatic N) is 5. The minimum absolute atomic E-state index is 0.169. The molecule has 7 nitrogen and oxygen atoms in total. The quantitative estimate of drug-likeness (QED) is 0.456. The third-order valence-electron chi connectivity index (χ3n) is 6.06. The number of aromatic nitrogens is 3. The van der Waals surface area contributed by atoms with Gasteiger partial charge in [-0.2, -0.15) is 4.98 Å². The zero-order valence-corrected chi connectivity index (χ0v) is 18.7. The Balaban J connectivity index is 1.11. The highest BCUT2D eigenvalue weighted by Gasteiger charge is 2.22. The Morgan fingerprint density at radius 3 is 2.33 bits per heavy atom. The molecule has 2 aromatic carbocycles. The van der Waals surface area contributed by atoms with Gasteiger partial charge in [0.25, 0.3) is 0 Å². The van der Waals surface area contributed by atoms with E-state index in [0.717, 1.165) is 29.9 Å². The van der Waals surface area contributed by atoms with Gasteiger partial charge in [0.2, 0.25) is 17.6 Å². The summed E-state index contributed by atoms with van der Waals surface area (Å²) in [6.45, 7) is 5.65. The Morgan fingerprint density at radius 2 is 1.64 bits per heavy atom. The Morgan fingerprint density at radius 1 is 0.939 bits per heavy atom. The van der Waals surface area contributed by atoms with E-state index in [1.165, 1.54) is 5.56 Å². The zero-order chi connectivity index (χ0) is 22.6. The number of carbonyl (C=O) groups excluding carboxylic acids is 1.